The van der Waals surface area contributed by atoms with E-state index in [4.69, 9.17) is 5.73 Å². The number of nitrogens with two attached hydrogens (primary N) is 1. The third-order valence-electron chi connectivity index (χ3n) is 3.92. The molecular formula is C15H30N4O2. The number of nitrogens with one attached hydrogen (secondary N) is 3. The molecule has 1 aliphatic rings. The number of carbonyl (C=O) groups is 2. The van der Waals surface area contributed by atoms with E-state index >= 15 is 0 Å². The summed E-state index contributed by atoms with van der Waals surface area (Å²) in [6.45, 7) is 3.32. The third kappa shape index (κ3) is 7.90. The van der Waals surface area contributed by atoms with Gasteiger partial charge in [-0.2, -0.15) is 0 Å². The van der Waals surface area contributed by atoms with Crippen LogP contribution in [0.1, 0.15) is 58.3 Å². The number of primary amides is 1. The molecule has 1 saturated carbocycles. The third-order valence-corrected chi connectivity index (χ3v) is 3.92. The second-order valence-corrected chi connectivity index (χ2v) is 5.78. The maximum absolute atomic E-state index is 12.0. The fraction of sp³-hybridized carbons (Fsp3) is 0.867. The highest BCUT2D eigenvalue weighted by Crippen LogP contribution is 2.16. The van der Waals surface area contributed by atoms with Gasteiger partial charge in [0.2, 0.25) is 5.91 Å². The zero-order chi connectivity index (χ0) is 15.5. The van der Waals surface area contributed by atoms with Crippen LogP contribution in [0.15, 0.2) is 0 Å². The molecular weight excluding hydrogens is 268 g/mol. The van der Waals surface area contributed by atoms with Crippen molar-refractivity contribution in [3.05, 3.63) is 0 Å². The van der Waals surface area contributed by atoms with Gasteiger partial charge in [0.1, 0.15) is 6.04 Å². The van der Waals surface area contributed by atoms with Crippen molar-refractivity contribution in [2.45, 2.75) is 70.4 Å². The van der Waals surface area contributed by atoms with Crippen molar-refractivity contribution in [2.24, 2.45) is 5.73 Å². The van der Waals surface area contributed by atoms with Gasteiger partial charge in [-0.3, -0.25) is 4.79 Å². The molecule has 1 fully saturated rings. The molecule has 1 aliphatic carbocycles. The molecule has 21 heavy (non-hydrogen) atoms. The molecule has 0 aromatic rings. The van der Waals surface area contributed by atoms with Gasteiger partial charge in [-0.25, -0.2) is 4.79 Å². The van der Waals surface area contributed by atoms with Gasteiger partial charge in [0.05, 0.1) is 0 Å². The SMILES string of the molecule is CCC[C@@H](NC(N)=O)C(=O)NCCNC1CCCCCC1. The zero-order valence-electron chi connectivity index (χ0n) is 13.1. The quantitative estimate of drug-likeness (QED) is 0.401. The van der Waals surface area contributed by atoms with Crippen LogP contribution in [0.2, 0.25) is 0 Å². The van der Waals surface area contributed by atoms with E-state index in [2.05, 4.69) is 16.0 Å². The molecule has 0 saturated heterocycles. The Morgan fingerprint density at radius 1 is 1.14 bits per heavy atom. The van der Waals surface area contributed by atoms with E-state index in [1.807, 2.05) is 6.92 Å². The molecule has 5 N–H and O–H groups in total. The van der Waals surface area contributed by atoms with Gasteiger partial charge in [-0.05, 0) is 19.3 Å². The number of urea groups is 1. The predicted octanol–water partition coefficient (Wildman–Crippen LogP) is 1.25. The average molecular weight is 298 g/mol. The molecule has 0 aromatic carbocycles. The maximum atomic E-state index is 12.0. The Morgan fingerprint density at radius 3 is 2.38 bits per heavy atom. The van der Waals surface area contributed by atoms with Crippen LogP contribution in [0.25, 0.3) is 0 Å². The van der Waals surface area contributed by atoms with Crippen molar-refractivity contribution in [1.82, 2.24) is 16.0 Å². The maximum Gasteiger partial charge on any atom is 0.312 e. The monoisotopic (exact) mass is 298 g/mol. The van der Waals surface area contributed by atoms with Crippen LogP contribution in [0.4, 0.5) is 4.79 Å². The van der Waals surface area contributed by atoms with Gasteiger partial charge in [-0.15, -0.1) is 0 Å². The number of hydrogen-bond donors (Lipinski definition) is 4. The van der Waals surface area contributed by atoms with Crippen molar-refractivity contribution in [3.8, 4) is 0 Å². The molecule has 0 aromatic heterocycles. The predicted molar refractivity (Wildman–Crippen MR) is 83.9 cm³/mol. The highest BCUT2D eigenvalue weighted by atomic mass is 16.2. The molecule has 122 valence electrons. The van der Waals surface area contributed by atoms with Crippen LogP contribution in [-0.4, -0.2) is 37.1 Å². The molecule has 0 heterocycles. The van der Waals surface area contributed by atoms with Gasteiger partial charge < -0.3 is 21.7 Å². The Kier molecular flexibility index (Phi) is 8.82. The van der Waals surface area contributed by atoms with Crippen LogP contribution < -0.4 is 21.7 Å². The molecule has 3 amide bonds. The van der Waals surface area contributed by atoms with Gasteiger partial charge in [0.15, 0.2) is 0 Å². The lowest BCUT2D eigenvalue weighted by Gasteiger charge is -2.18. The minimum Gasteiger partial charge on any atom is -0.353 e. The fourth-order valence-corrected chi connectivity index (χ4v) is 2.80. The van der Waals surface area contributed by atoms with Crippen LogP contribution in [0.5, 0.6) is 0 Å². The van der Waals surface area contributed by atoms with E-state index in [-0.39, 0.29) is 5.91 Å². The van der Waals surface area contributed by atoms with E-state index in [9.17, 15) is 9.59 Å². The van der Waals surface area contributed by atoms with Crippen LogP contribution >= 0.6 is 0 Å². The first-order valence-electron chi connectivity index (χ1n) is 8.20. The van der Waals surface area contributed by atoms with Gasteiger partial charge in [-0.1, -0.05) is 39.0 Å². The van der Waals surface area contributed by atoms with Crippen molar-refractivity contribution >= 4 is 11.9 Å². The summed E-state index contributed by atoms with van der Waals surface area (Å²) < 4.78 is 0. The molecule has 6 nitrogen and oxygen atoms in total. The van der Waals surface area contributed by atoms with Crippen molar-refractivity contribution in [1.29, 1.82) is 0 Å². The van der Waals surface area contributed by atoms with Crippen LogP contribution in [0, 0.1) is 0 Å². The Morgan fingerprint density at radius 2 is 1.81 bits per heavy atom. The number of amides is 3. The summed E-state index contributed by atoms with van der Waals surface area (Å²) in [6, 6.07) is -0.592. The van der Waals surface area contributed by atoms with Gasteiger partial charge >= 0.3 is 6.03 Å². The lowest BCUT2D eigenvalue weighted by molar-refractivity contribution is -0.123. The van der Waals surface area contributed by atoms with Gasteiger partial charge in [0, 0.05) is 19.1 Å². The van der Waals surface area contributed by atoms with E-state index in [0.29, 0.717) is 19.0 Å². The second-order valence-electron chi connectivity index (χ2n) is 5.78. The molecule has 6 heteroatoms. The summed E-state index contributed by atoms with van der Waals surface area (Å²) in [5, 5.41) is 8.84. The lowest BCUT2D eigenvalue weighted by Crippen LogP contribution is -2.49. The first kappa shape index (κ1) is 17.8. The molecule has 0 aliphatic heterocycles. The standard InChI is InChI=1S/C15H30N4O2/c1-2-7-13(19-15(16)21)14(20)18-11-10-17-12-8-5-3-4-6-9-12/h12-13,17H,2-11H2,1H3,(H,18,20)(H3,16,19,21)/t13-/m1/s1. The van der Waals surface area contributed by atoms with Crippen LogP contribution in [0.3, 0.4) is 0 Å². The summed E-state index contributed by atoms with van der Waals surface area (Å²) >= 11 is 0. The molecule has 0 bridgehead atoms. The molecule has 0 unspecified atom stereocenters. The van der Waals surface area contributed by atoms with E-state index in [1.54, 1.807) is 0 Å². The lowest BCUT2D eigenvalue weighted by atomic mass is 10.1. The largest absolute Gasteiger partial charge is 0.353 e. The first-order valence-corrected chi connectivity index (χ1v) is 8.20. The fourth-order valence-electron chi connectivity index (χ4n) is 2.80. The topological polar surface area (TPSA) is 96.2 Å². The Labute approximate surface area is 127 Å². The summed E-state index contributed by atoms with van der Waals surface area (Å²) in [7, 11) is 0. The highest BCUT2D eigenvalue weighted by molar-refractivity contribution is 5.86. The van der Waals surface area contributed by atoms with Crippen molar-refractivity contribution in [2.75, 3.05) is 13.1 Å². The van der Waals surface area contributed by atoms with Crippen molar-refractivity contribution < 1.29 is 9.59 Å². The number of rotatable bonds is 8. The summed E-state index contributed by atoms with van der Waals surface area (Å²) in [6.07, 6.45) is 9.16. The highest BCUT2D eigenvalue weighted by Gasteiger charge is 2.18. The normalized spacial score (nSPS) is 17.8. The summed E-state index contributed by atoms with van der Waals surface area (Å²) in [5.41, 5.74) is 5.09. The zero-order valence-corrected chi connectivity index (χ0v) is 13.1. The summed E-state index contributed by atoms with van der Waals surface area (Å²) in [5.74, 6) is -0.154. The summed E-state index contributed by atoms with van der Waals surface area (Å²) in [4.78, 5) is 22.8. The van der Waals surface area contributed by atoms with Crippen molar-refractivity contribution in [3.63, 3.8) is 0 Å². The Balaban J connectivity index is 2.19. The Hall–Kier alpha value is -1.30. The van der Waals surface area contributed by atoms with E-state index in [1.165, 1.54) is 38.5 Å². The Bertz CT molecular complexity index is 315. The van der Waals surface area contributed by atoms with E-state index < -0.39 is 12.1 Å². The smallest absolute Gasteiger partial charge is 0.312 e. The number of carbonyl (C=O) groups excluding carboxylic acids is 2. The minimum absolute atomic E-state index is 0.154. The molecule has 1 atom stereocenters. The first-order chi connectivity index (χ1) is 10.1. The average Bonchev–Trinajstić information content (AvgIpc) is 2.71. The van der Waals surface area contributed by atoms with E-state index in [0.717, 1.165) is 13.0 Å². The molecule has 1 rings (SSSR count). The van der Waals surface area contributed by atoms with Crippen LogP contribution in [-0.2, 0) is 4.79 Å². The van der Waals surface area contributed by atoms with Gasteiger partial charge in [0.25, 0.3) is 0 Å². The molecule has 0 spiro atoms. The minimum atomic E-state index is -0.653. The second kappa shape index (κ2) is 10.4. The molecule has 0 radical (unpaired) electrons. The number of hydrogen-bond acceptors (Lipinski definition) is 3.